The third-order valence-corrected chi connectivity index (χ3v) is 3.86. The highest BCUT2D eigenvalue weighted by Gasteiger charge is 2.25. The monoisotopic (exact) mass is 348 g/mol. The van der Waals surface area contributed by atoms with E-state index in [0.29, 0.717) is 18.0 Å². The Labute approximate surface area is 146 Å². The van der Waals surface area contributed by atoms with Crippen LogP contribution in [-0.2, 0) is 11.2 Å². The van der Waals surface area contributed by atoms with Crippen molar-refractivity contribution in [2.75, 3.05) is 6.54 Å². The maximum Gasteiger partial charge on any atom is 0.287 e. The standard InChI is InChI=1S/C18H21ClN2O3/c1-12(2)16(21-17(22)15-4-3-11-24-15)18(23)20-10-9-13-5-7-14(19)8-6-13/h3-8,11-12,16H,9-10H2,1-2H3,(H,20,23)(H,21,22). The first-order chi connectivity index (χ1) is 11.5. The summed E-state index contributed by atoms with van der Waals surface area (Å²) in [4.78, 5) is 24.4. The molecule has 1 unspecified atom stereocenters. The molecule has 0 spiro atoms. The molecule has 2 N–H and O–H groups in total. The Morgan fingerprint density at radius 2 is 1.88 bits per heavy atom. The first-order valence-electron chi connectivity index (χ1n) is 7.84. The SMILES string of the molecule is CC(C)C(NC(=O)c1ccco1)C(=O)NCCc1ccc(Cl)cc1. The van der Waals surface area contributed by atoms with Crippen LogP contribution < -0.4 is 10.6 Å². The van der Waals surface area contributed by atoms with Crippen molar-refractivity contribution >= 4 is 23.4 Å². The maximum atomic E-state index is 12.4. The van der Waals surface area contributed by atoms with Crippen LogP contribution in [0.3, 0.4) is 0 Å². The van der Waals surface area contributed by atoms with Gasteiger partial charge in [-0.05, 0) is 42.2 Å². The molecule has 0 aliphatic heterocycles. The van der Waals surface area contributed by atoms with Gasteiger partial charge in [0.25, 0.3) is 5.91 Å². The van der Waals surface area contributed by atoms with E-state index in [1.807, 2.05) is 38.1 Å². The molecule has 1 aromatic heterocycles. The Morgan fingerprint density at radius 3 is 2.46 bits per heavy atom. The highest BCUT2D eigenvalue weighted by molar-refractivity contribution is 6.30. The van der Waals surface area contributed by atoms with Gasteiger partial charge in [-0.15, -0.1) is 0 Å². The third-order valence-electron chi connectivity index (χ3n) is 3.61. The van der Waals surface area contributed by atoms with Crippen LogP contribution in [0.15, 0.2) is 47.1 Å². The number of amides is 2. The molecule has 0 fully saturated rings. The molecule has 1 atom stereocenters. The van der Waals surface area contributed by atoms with E-state index in [-0.39, 0.29) is 17.6 Å². The maximum absolute atomic E-state index is 12.4. The van der Waals surface area contributed by atoms with Crippen LogP contribution >= 0.6 is 11.6 Å². The Hall–Kier alpha value is -2.27. The molecule has 24 heavy (non-hydrogen) atoms. The molecule has 0 aliphatic carbocycles. The summed E-state index contributed by atoms with van der Waals surface area (Å²) in [5.41, 5.74) is 1.08. The quantitative estimate of drug-likeness (QED) is 0.807. The van der Waals surface area contributed by atoms with Crippen LogP contribution in [0, 0.1) is 5.92 Å². The first kappa shape index (κ1) is 18.1. The van der Waals surface area contributed by atoms with Gasteiger partial charge in [0, 0.05) is 11.6 Å². The van der Waals surface area contributed by atoms with Crippen LogP contribution in [0.4, 0.5) is 0 Å². The van der Waals surface area contributed by atoms with E-state index in [1.165, 1.54) is 6.26 Å². The van der Waals surface area contributed by atoms with E-state index in [9.17, 15) is 9.59 Å². The first-order valence-corrected chi connectivity index (χ1v) is 8.21. The number of hydrogen-bond acceptors (Lipinski definition) is 3. The zero-order valence-electron chi connectivity index (χ0n) is 13.7. The van der Waals surface area contributed by atoms with Gasteiger partial charge in [-0.2, -0.15) is 0 Å². The molecular weight excluding hydrogens is 328 g/mol. The predicted octanol–water partition coefficient (Wildman–Crippen LogP) is 3.05. The topological polar surface area (TPSA) is 71.3 Å². The summed E-state index contributed by atoms with van der Waals surface area (Å²) in [7, 11) is 0. The zero-order valence-corrected chi connectivity index (χ0v) is 14.5. The van der Waals surface area contributed by atoms with Gasteiger partial charge in [-0.25, -0.2) is 0 Å². The molecule has 0 bridgehead atoms. The summed E-state index contributed by atoms with van der Waals surface area (Å²) in [6.07, 6.45) is 2.12. The largest absolute Gasteiger partial charge is 0.459 e. The molecule has 0 radical (unpaired) electrons. The average molecular weight is 349 g/mol. The molecule has 5 nitrogen and oxygen atoms in total. The lowest BCUT2D eigenvalue weighted by atomic mass is 10.0. The fourth-order valence-corrected chi connectivity index (χ4v) is 2.37. The van der Waals surface area contributed by atoms with E-state index >= 15 is 0 Å². The smallest absolute Gasteiger partial charge is 0.287 e. The summed E-state index contributed by atoms with van der Waals surface area (Å²) in [5, 5.41) is 6.26. The molecule has 2 aromatic rings. The summed E-state index contributed by atoms with van der Waals surface area (Å²) in [5.74, 6) is -0.459. The zero-order chi connectivity index (χ0) is 17.5. The van der Waals surface area contributed by atoms with Crippen molar-refractivity contribution in [1.82, 2.24) is 10.6 Å². The van der Waals surface area contributed by atoms with Gasteiger partial charge in [-0.3, -0.25) is 9.59 Å². The van der Waals surface area contributed by atoms with Gasteiger partial charge >= 0.3 is 0 Å². The molecule has 2 rings (SSSR count). The molecule has 0 saturated heterocycles. The number of furan rings is 1. The lowest BCUT2D eigenvalue weighted by Crippen LogP contribution is -2.50. The summed E-state index contributed by atoms with van der Waals surface area (Å²) >= 11 is 5.85. The number of hydrogen-bond donors (Lipinski definition) is 2. The highest BCUT2D eigenvalue weighted by atomic mass is 35.5. The predicted molar refractivity (Wildman–Crippen MR) is 93.0 cm³/mol. The van der Waals surface area contributed by atoms with Crippen molar-refractivity contribution in [2.45, 2.75) is 26.3 Å². The normalized spacial score (nSPS) is 12.0. The van der Waals surface area contributed by atoms with Crippen molar-refractivity contribution in [3.8, 4) is 0 Å². The van der Waals surface area contributed by atoms with Gasteiger partial charge in [0.05, 0.1) is 6.26 Å². The van der Waals surface area contributed by atoms with Crippen LogP contribution in [0.2, 0.25) is 5.02 Å². The van der Waals surface area contributed by atoms with Crippen LogP contribution in [0.1, 0.15) is 30.0 Å². The number of carbonyl (C=O) groups is 2. The van der Waals surface area contributed by atoms with Gasteiger partial charge in [0.2, 0.25) is 5.91 Å². The molecular formula is C18H21ClN2O3. The van der Waals surface area contributed by atoms with E-state index in [0.717, 1.165) is 5.56 Å². The second-order valence-corrected chi connectivity index (χ2v) is 6.28. The van der Waals surface area contributed by atoms with Crippen LogP contribution in [-0.4, -0.2) is 24.4 Å². The van der Waals surface area contributed by atoms with E-state index in [2.05, 4.69) is 10.6 Å². The number of benzene rings is 1. The second-order valence-electron chi connectivity index (χ2n) is 5.84. The fourth-order valence-electron chi connectivity index (χ4n) is 2.25. The molecule has 0 aliphatic rings. The summed E-state index contributed by atoms with van der Waals surface area (Å²) in [6, 6.07) is 10.1. The lowest BCUT2D eigenvalue weighted by molar-refractivity contribution is -0.123. The lowest BCUT2D eigenvalue weighted by Gasteiger charge is -2.21. The molecule has 128 valence electrons. The van der Waals surface area contributed by atoms with E-state index in [4.69, 9.17) is 16.0 Å². The van der Waals surface area contributed by atoms with Gasteiger partial charge in [0.15, 0.2) is 5.76 Å². The van der Waals surface area contributed by atoms with Crippen molar-refractivity contribution in [3.05, 3.63) is 59.0 Å². The van der Waals surface area contributed by atoms with Crippen molar-refractivity contribution in [2.24, 2.45) is 5.92 Å². The van der Waals surface area contributed by atoms with Gasteiger partial charge in [-0.1, -0.05) is 37.6 Å². The third kappa shape index (κ3) is 5.13. The second kappa shape index (κ2) is 8.55. The minimum Gasteiger partial charge on any atom is -0.459 e. The minimum absolute atomic E-state index is 0.0422. The fraction of sp³-hybridized carbons (Fsp3) is 0.333. The van der Waals surface area contributed by atoms with Crippen molar-refractivity contribution < 1.29 is 14.0 Å². The Bertz CT molecular complexity index is 666. The highest BCUT2D eigenvalue weighted by Crippen LogP contribution is 2.10. The summed E-state index contributed by atoms with van der Waals surface area (Å²) < 4.78 is 5.05. The molecule has 1 heterocycles. The Morgan fingerprint density at radius 1 is 1.17 bits per heavy atom. The van der Waals surface area contributed by atoms with E-state index < -0.39 is 11.9 Å². The summed E-state index contributed by atoms with van der Waals surface area (Å²) in [6.45, 7) is 4.25. The Kier molecular flexibility index (Phi) is 6.44. The molecule has 0 saturated carbocycles. The van der Waals surface area contributed by atoms with Crippen LogP contribution in [0.5, 0.6) is 0 Å². The molecule has 1 aromatic carbocycles. The number of nitrogens with one attached hydrogen (secondary N) is 2. The number of halogens is 1. The Balaban J connectivity index is 1.87. The number of rotatable bonds is 7. The van der Waals surface area contributed by atoms with Gasteiger partial charge < -0.3 is 15.1 Å². The van der Waals surface area contributed by atoms with E-state index in [1.54, 1.807) is 12.1 Å². The number of carbonyl (C=O) groups excluding carboxylic acids is 2. The van der Waals surface area contributed by atoms with Crippen molar-refractivity contribution in [1.29, 1.82) is 0 Å². The average Bonchev–Trinajstić information content (AvgIpc) is 3.08. The molecule has 6 heteroatoms. The van der Waals surface area contributed by atoms with Gasteiger partial charge in [0.1, 0.15) is 6.04 Å². The minimum atomic E-state index is -0.618. The van der Waals surface area contributed by atoms with Crippen LogP contribution in [0.25, 0.3) is 0 Å². The molecule has 2 amide bonds. The van der Waals surface area contributed by atoms with Crippen molar-refractivity contribution in [3.63, 3.8) is 0 Å².